The van der Waals surface area contributed by atoms with Crippen molar-refractivity contribution in [3.05, 3.63) is 78.0 Å². The lowest BCUT2D eigenvalue weighted by Gasteiger charge is -2.28. The number of aromatic nitrogens is 1. The van der Waals surface area contributed by atoms with Crippen LogP contribution in [-0.4, -0.2) is 50.2 Å². The molecular weight excluding hydrogens is 436 g/mol. The third kappa shape index (κ3) is 4.98. The fraction of sp³-hybridized carbons (Fsp3) is 0.231. The monoisotopic (exact) mass is 462 g/mol. The molecule has 0 fully saturated rings. The first kappa shape index (κ1) is 22.7. The molecule has 0 saturated carbocycles. The van der Waals surface area contributed by atoms with Crippen molar-refractivity contribution in [2.45, 2.75) is 16.3 Å². The quantitative estimate of drug-likeness (QED) is 0.482. The molecule has 7 heteroatoms. The van der Waals surface area contributed by atoms with Crippen LogP contribution in [0.2, 0.25) is 0 Å². The van der Waals surface area contributed by atoms with Gasteiger partial charge in [-0.1, -0.05) is 36.0 Å². The Morgan fingerprint density at radius 3 is 2.30 bits per heavy atom. The van der Waals surface area contributed by atoms with E-state index in [4.69, 9.17) is 14.2 Å². The van der Waals surface area contributed by atoms with Gasteiger partial charge in [0.15, 0.2) is 0 Å². The lowest BCUT2D eigenvalue weighted by molar-refractivity contribution is 0.0768. The van der Waals surface area contributed by atoms with Gasteiger partial charge in [0.1, 0.15) is 22.3 Å². The molecule has 0 spiro atoms. The second-order valence-electron chi connectivity index (χ2n) is 7.41. The molecule has 0 unspecified atom stereocenters. The molecular formula is C26H26N2O4S. The topological polar surface area (TPSA) is 60.9 Å². The van der Waals surface area contributed by atoms with Crippen LogP contribution in [0.4, 0.5) is 0 Å². The Balaban J connectivity index is 1.56. The number of hydrogen-bond acceptors (Lipinski definition) is 6. The highest BCUT2D eigenvalue weighted by atomic mass is 32.2. The number of ether oxygens (including phenoxy) is 3. The largest absolute Gasteiger partial charge is 0.496 e. The lowest BCUT2D eigenvalue weighted by Crippen LogP contribution is -2.35. The number of hydrogen-bond donors (Lipinski definition) is 0. The van der Waals surface area contributed by atoms with Gasteiger partial charge in [-0.3, -0.25) is 4.79 Å². The normalized spacial score (nSPS) is 13.3. The lowest BCUT2D eigenvalue weighted by atomic mass is 9.97. The number of benzene rings is 2. The zero-order chi connectivity index (χ0) is 23.2. The molecule has 0 N–H and O–H groups in total. The Morgan fingerprint density at radius 2 is 1.70 bits per heavy atom. The molecule has 1 amide bonds. The van der Waals surface area contributed by atoms with Gasteiger partial charge in [0.2, 0.25) is 0 Å². The zero-order valence-electron chi connectivity index (χ0n) is 18.9. The first-order valence-electron chi connectivity index (χ1n) is 10.6. The third-order valence-electron chi connectivity index (χ3n) is 5.49. The van der Waals surface area contributed by atoms with E-state index in [2.05, 4.69) is 11.1 Å². The van der Waals surface area contributed by atoms with E-state index in [9.17, 15) is 4.79 Å². The van der Waals surface area contributed by atoms with Crippen molar-refractivity contribution in [1.82, 2.24) is 9.88 Å². The Hall–Kier alpha value is -3.45. The molecule has 0 atom stereocenters. The summed E-state index contributed by atoms with van der Waals surface area (Å²) in [4.78, 5) is 20.7. The van der Waals surface area contributed by atoms with Gasteiger partial charge in [-0.25, -0.2) is 4.98 Å². The van der Waals surface area contributed by atoms with Gasteiger partial charge in [0.25, 0.3) is 5.91 Å². The van der Waals surface area contributed by atoms with Gasteiger partial charge in [-0.05, 0) is 36.3 Å². The van der Waals surface area contributed by atoms with E-state index < -0.39 is 0 Å². The van der Waals surface area contributed by atoms with Crippen molar-refractivity contribution in [2.24, 2.45) is 0 Å². The molecule has 1 aliphatic heterocycles. The van der Waals surface area contributed by atoms with E-state index in [1.165, 1.54) is 11.8 Å². The SMILES string of the molecule is COc1cc(OC)c(C2=CCN(C(=O)c3cccnc3Sc3ccccc3)CC2)c(OC)c1. The second kappa shape index (κ2) is 10.4. The summed E-state index contributed by atoms with van der Waals surface area (Å²) < 4.78 is 16.6. The van der Waals surface area contributed by atoms with Crippen molar-refractivity contribution in [1.29, 1.82) is 0 Å². The zero-order valence-corrected chi connectivity index (χ0v) is 19.7. The number of nitrogens with zero attached hydrogens (tertiary/aromatic N) is 2. The van der Waals surface area contributed by atoms with Crippen LogP contribution in [0, 0.1) is 0 Å². The van der Waals surface area contributed by atoms with E-state index in [-0.39, 0.29) is 5.91 Å². The highest BCUT2D eigenvalue weighted by molar-refractivity contribution is 7.99. The summed E-state index contributed by atoms with van der Waals surface area (Å²) in [7, 11) is 4.87. The van der Waals surface area contributed by atoms with E-state index in [1.807, 2.05) is 53.4 Å². The van der Waals surface area contributed by atoms with Crippen molar-refractivity contribution in [3.63, 3.8) is 0 Å². The van der Waals surface area contributed by atoms with Gasteiger partial charge < -0.3 is 19.1 Å². The summed E-state index contributed by atoms with van der Waals surface area (Å²) in [5, 5.41) is 0.710. The fourth-order valence-electron chi connectivity index (χ4n) is 3.81. The minimum absolute atomic E-state index is 0.0227. The highest BCUT2D eigenvalue weighted by Crippen LogP contribution is 2.41. The van der Waals surface area contributed by atoms with E-state index in [1.54, 1.807) is 33.6 Å². The van der Waals surface area contributed by atoms with Gasteiger partial charge in [0, 0.05) is 36.3 Å². The van der Waals surface area contributed by atoms with E-state index >= 15 is 0 Å². The average molecular weight is 463 g/mol. The molecule has 6 nitrogen and oxygen atoms in total. The summed E-state index contributed by atoms with van der Waals surface area (Å²) in [6, 6.07) is 17.3. The highest BCUT2D eigenvalue weighted by Gasteiger charge is 2.25. The smallest absolute Gasteiger partial charge is 0.256 e. The first-order chi connectivity index (χ1) is 16.1. The molecule has 0 aliphatic carbocycles. The standard InChI is InChI=1S/C26H26N2O4S/c1-30-19-16-22(31-2)24(23(17-19)32-3)18-11-14-28(15-12-18)26(29)21-10-7-13-27-25(21)33-20-8-5-4-6-9-20/h4-11,13,16-17H,12,14-15H2,1-3H3. The molecule has 1 aromatic heterocycles. The Morgan fingerprint density at radius 1 is 0.970 bits per heavy atom. The van der Waals surface area contributed by atoms with Crippen LogP contribution >= 0.6 is 11.8 Å². The summed E-state index contributed by atoms with van der Waals surface area (Å²) >= 11 is 1.50. The molecule has 0 radical (unpaired) electrons. The number of carbonyl (C=O) groups is 1. The predicted molar refractivity (Wildman–Crippen MR) is 129 cm³/mol. The third-order valence-corrected chi connectivity index (χ3v) is 6.52. The minimum Gasteiger partial charge on any atom is -0.496 e. The van der Waals surface area contributed by atoms with E-state index in [0.717, 1.165) is 16.0 Å². The van der Waals surface area contributed by atoms with Crippen molar-refractivity contribution >= 4 is 23.2 Å². The van der Waals surface area contributed by atoms with Crippen LogP contribution in [0.25, 0.3) is 5.57 Å². The Bertz CT molecular complexity index is 1140. The molecule has 2 aromatic carbocycles. The first-order valence-corrected chi connectivity index (χ1v) is 11.4. The fourth-order valence-corrected chi connectivity index (χ4v) is 4.70. The average Bonchev–Trinajstić information content (AvgIpc) is 2.88. The van der Waals surface area contributed by atoms with Crippen LogP contribution in [0.15, 0.2) is 76.8 Å². The second-order valence-corrected chi connectivity index (χ2v) is 8.47. The van der Waals surface area contributed by atoms with Crippen LogP contribution in [0.3, 0.4) is 0 Å². The maximum atomic E-state index is 13.4. The van der Waals surface area contributed by atoms with Crippen LogP contribution in [-0.2, 0) is 0 Å². The van der Waals surface area contributed by atoms with Crippen LogP contribution in [0.1, 0.15) is 22.3 Å². The van der Waals surface area contributed by atoms with Crippen LogP contribution < -0.4 is 14.2 Å². The number of rotatable bonds is 7. The van der Waals surface area contributed by atoms with Crippen LogP contribution in [0.5, 0.6) is 17.2 Å². The molecule has 1 aliphatic rings. The Kier molecular flexibility index (Phi) is 7.19. The summed E-state index contributed by atoms with van der Waals surface area (Å²) in [6.07, 6.45) is 4.47. The number of amides is 1. The molecule has 3 aromatic rings. The number of carbonyl (C=O) groups excluding carboxylic acids is 1. The Labute approximate surface area is 198 Å². The summed E-state index contributed by atoms with van der Waals surface area (Å²) in [6.45, 7) is 1.09. The maximum absolute atomic E-state index is 13.4. The van der Waals surface area contributed by atoms with E-state index in [0.29, 0.717) is 47.3 Å². The van der Waals surface area contributed by atoms with Gasteiger partial charge in [-0.15, -0.1) is 0 Å². The molecule has 33 heavy (non-hydrogen) atoms. The van der Waals surface area contributed by atoms with Crippen molar-refractivity contribution in [3.8, 4) is 17.2 Å². The van der Waals surface area contributed by atoms with Gasteiger partial charge in [0.05, 0.1) is 32.5 Å². The van der Waals surface area contributed by atoms with Crippen molar-refractivity contribution in [2.75, 3.05) is 34.4 Å². The van der Waals surface area contributed by atoms with Crippen molar-refractivity contribution < 1.29 is 19.0 Å². The van der Waals surface area contributed by atoms with Gasteiger partial charge >= 0.3 is 0 Å². The van der Waals surface area contributed by atoms with Gasteiger partial charge in [-0.2, -0.15) is 0 Å². The summed E-state index contributed by atoms with van der Waals surface area (Å²) in [5.41, 5.74) is 2.60. The molecule has 0 bridgehead atoms. The maximum Gasteiger partial charge on any atom is 0.256 e. The molecule has 170 valence electrons. The molecule has 2 heterocycles. The summed E-state index contributed by atoms with van der Waals surface area (Å²) in [5.74, 6) is 2.02. The molecule has 4 rings (SSSR count). The minimum atomic E-state index is -0.0227. The predicted octanol–water partition coefficient (Wildman–Crippen LogP) is 5.19. The number of methoxy groups -OCH3 is 3. The number of pyridine rings is 1. The molecule has 0 saturated heterocycles.